The quantitative estimate of drug-likeness (QED) is 0.347. The Kier molecular flexibility index (Phi) is 8.53. The van der Waals surface area contributed by atoms with Gasteiger partial charge in [-0.2, -0.15) is 0 Å². The summed E-state index contributed by atoms with van der Waals surface area (Å²) < 4.78 is 5.53. The van der Waals surface area contributed by atoms with Crippen molar-refractivity contribution < 1.29 is 29.3 Å². The van der Waals surface area contributed by atoms with Crippen LogP contribution in [-0.4, -0.2) is 50.8 Å². The first-order valence-corrected chi connectivity index (χ1v) is 13.5. The summed E-state index contributed by atoms with van der Waals surface area (Å²) in [5.74, 6) is -0.547. The third-order valence-corrected chi connectivity index (χ3v) is 8.39. The number of furan rings is 1. The maximum atomic E-state index is 13.6. The van der Waals surface area contributed by atoms with Crippen molar-refractivity contribution in [2.24, 2.45) is 23.7 Å². The van der Waals surface area contributed by atoms with Crippen LogP contribution < -0.4 is 0 Å². The van der Waals surface area contributed by atoms with Crippen molar-refractivity contribution in [1.29, 1.82) is 0 Å². The van der Waals surface area contributed by atoms with Gasteiger partial charge in [-0.25, -0.2) is 0 Å². The van der Waals surface area contributed by atoms with Crippen molar-refractivity contribution in [3.63, 3.8) is 0 Å². The first-order valence-electron chi connectivity index (χ1n) is 13.5. The molecule has 2 fully saturated rings. The number of rotatable bonds is 9. The average Bonchev–Trinajstić information content (AvgIpc) is 3.43. The SMILES string of the molecule is C/C(=C\c1ccc(CO)o1)CC[C@@H](O)C1=C(C(C)C)C[C@H]2C(=O)N(C3CCCCC3)C(=O)[C@H]2[C@H]1CO. The summed E-state index contributed by atoms with van der Waals surface area (Å²) in [7, 11) is 0. The van der Waals surface area contributed by atoms with E-state index in [-0.39, 0.29) is 37.0 Å². The molecule has 0 bridgehead atoms. The first kappa shape index (κ1) is 26.8. The van der Waals surface area contributed by atoms with E-state index >= 15 is 0 Å². The molecule has 0 spiro atoms. The molecule has 4 atom stereocenters. The number of allylic oxidation sites excluding steroid dienone is 2. The van der Waals surface area contributed by atoms with E-state index in [4.69, 9.17) is 4.42 Å². The number of aliphatic hydroxyl groups is 3. The third-order valence-electron chi connectivity index (χ3n) is 8.39. The fraction of sp³-hybridized carbons (Fsp3) is 0.655. The number of hydrogen-bond donors (Lipinski definition) is 3. The fourth-order valence-electron chi connectivity index (χ4n) is 6.56. The zero-order valence-electron chi connectivity index (χ0n) is 21.8. The molecular formula is C29H41NO6. The number of carbonyl (C=O) groups is 2. The molecule has 7 nitrogen and oxygen atoms in total. The lowest BCUT2D eigenvalue weighted by molar-refractivity contribution is -0.143. The summed E-state index contributed by atoms with van der Waals surface area (Å²) in [4.78, 5) is 28.6. The van der Waals surface area contributed by atoms with Crippen LogP contribution in [0.25, 0.3) is 6.08 Å². The maximum Gasteiger partial charge on any atom is 0.234 e. The van der Waals surface area contributed by atoms with Crippen molar-refractivity contribution in [3.05, 3.63) is 40.4 Å². The van der Waals surface area contributed by atoms with Gasteiger partial charge in [0.1, 0.15) is 18.1 Å². The van der Waals surface area contributed by atoms with Crippen LogP contribution in [0, 0.1) is 23.7 Å². The van der Waals surface area contributed by atoms with E-state index in [2.05, 4.69) is 13.8 Å². The average molecular weight is 500 g/mol. The highest BCUT2D eigenvalue weighted by Crippen LogP contribution is 2.49. The molecule has 3 aliphatic rings. The molecule has 0 unspecified atom stereocenters. The number of carbonyl (C=O) groups excluding carboxylic acids is 2. The molecule has 1 aromatic heterocycles. The Morgan fingerprint density at radius 2 is 1.86 bits per heavy atom. The predicted molar refractivity (Wildman–Crippen MR) is 136 cm³/mol. The monoisotopic (exact) mass is 499 g/mol. The Morgan fingerprint density at radius 1 is 1.14 bits per heavy atom. The lowest BCUT2D eigenvalue weighted by Gasteiger charge is -2.38. The topological polar surface area (TPSA) is 111 Å². The molecule has 198 valence electrons. The number of imide groups is 1. The van der Waals surface area contributed by atoms with Gasteiger partial charge in [0.2, 0.25) is 11.8 Å². The van der Waals surface area contributed by atoms with Crippen molar-refractivity contribution in [1.82, 2.24) is 4.90 Å². The molecule has 1 aromatic rings. The highest BCUT2D eigenvalue weighted by Gasteiger charge is 2.56. The number of fused-ring (bicyclic) bond motifs is 1. The normalized spacial score (nSPS) is 26.8. The minimum Gasteiger partial charge on any atom is -0.459 e. The van der Waals surface area contributed by atoms with Gasteiger partial charge in [-0.15, -0.1) is 0 Å². The number of likely N-dealkylation sites (tertiary alicyclic amines) is 1. The Morgan fingerprint density at radius 3 is 2.47 bits per heavy atom. The number of hydrogen-bond acceptors (Lipinski definition) is 6. The number of nitrogens with zero attached hydrogens (tertiary/aromatic N) is 1. The molecule has 36 heavy (non-hydrogen) atoms. The van der Waals surface area contributed by atoms with E-state index in [1.165, 1.54) is 4.90 Å². The van der Waals surface area contributed by atoms with Crippen molar-refractivity contribution >= 4 is 17.9 Å². The predicted octanol–water partition coefficient (Wildman–Crippen LogP) is 4.22. The lowest BCUT2D eigenvalue weighted by atomic mass is 9.66. The molecule has 3 N–H and O–H groups in total. The molecule has 2 heterocycles. The minimum absolute atomic E-state index is 0.0275. The van der Waals surface area contributed by atoms with Gasteiger partial charge in [-0.05, 0) is 68.7 Å². The smallest absolute Gasteiger partial charge is 0.234 e. The van der Waals surface area contributed by atoms with E-state index in [9.17, 15) is 24.9 Å². The van der Waals surface area contributed by atoms with Gasteiger partial charge in [0.15, 0.2) is 0 Å². The first-order chi connectivity index (χ1) is 17.3. The molecule has 0 aromatic carbocycles. The largest absolute Gasteiger partial charge is 0.459 e. The van der Waals surface area contributed by atoms with Crippen LogP contribution in [-0.2, 0) is 16.2 Å². The van der Waals surface area contributed by atoms with Gasteiger partial charge in [-0.3, -0.25) is 14.5 Å². The minimum atomic E-state index is -0.805. The van der Waals surface area contributed by atoms with Gasteiger partial charge >= 0.3 is 0 Å². The standard InChI is InChI=1S/C29H41NO6/c1-17(2)22-14-23-27(29(35)30(28(23)34)19-7-5-4-6-8-19)24(16-32)26(22)25(33)12-9-18(3)13-20-10-11-21(15-31)36-20/h10-11,13,17,19,23-25,27,31-33H,4-9,12,14-16H2,1-3H3/b18-13+/t23-,24+,25-,27-/m1/s1. The van der Waals surface area contributed by atoms with Gasteiger partial charge in [0.05, 0.1) is 24.5 Å². The van der Waals surface area contributed by atoms with Gasteiger partial charge in [-0.1, -0.05) is 44.3 Å². The molecule has 2 amide bonds. The second-order valence-corrected chi connectivity index (χ2v) is 11.1. The second kappa shape index (κ2) is 11.4. The Labute approximate surface area is 213 Å². The summed E-state index contributed by atoms with van der Waals surface area (Å²) in [6, 6.07) is 3.50. The zero-order chi connectivity index (χ0) is 26.0. The van der Waals surface area contributed by atoms with Crippen molar-refractivity contribution in [2.45, 2.75) is 90.9 Å². The molecule has 1 saturated heterocycles. The van der Waals surface area contributed by atoms with E-state index in [1.54, 1.807) is 12.1 Å². The van der Waals surface area contributed by atoms with Gasteiger partial charge in [0.25, 0.3) is 0 Å². The van der Waals surface area contributed by atoms with Crippen LogP contribution >= 0.6 is 0 Å². The van der Waals surface area contributed by atoms with E-state index in [0.717, 1.165) is 48.8 Å². The van der Waals surface area contributed by atoms with Crippen LogP contribution in [0.4, 0.5) is 0 Å². The summed E-state index contributed by atoms with van der Waals surface area (Å²) in [5, 5.41) is 31.1. The lowest BCUT2D eigenvalue weighted by Crippen LogP contribution is -2.42. The molecule has 0 radical (unpaired) electrons. The zero-order valence-corrected chi connectivity index (χ0v) is 21.8. The van der Waals surface area contributed by atoms with Crippen LogP contribution in [0.1, 0.15) is 83.7 Å². The summed E-state index contributed by atoms with van der Waals surface area (Å²) in [5.41, 5.74) is 2.79. The highest BCUT2D eigenvalue weighted by molar-refractivity contribution is 6.06. The van der Waals surface area contributed by atoms with Crippen LogP contribution in [0.5, 0.6) is 0 Å². The second-order valence-electron chi connectivity index (χ2n) is 11.1. The summed E-state index contributed by atoms with van der Waals surface area (Å²) in [6.07, 6.45) is 7.56. The van der Waals surface area contributed by atoms with Crippen molar-refractivity contribution in [2.75, 3.05) is 6.61 Å². The number of aliphatic hydroxyl groups excluding tert-OH is 3. The number of amides is 2. The van der Waals surface area contributed by atoms with E-state index in [0.29, 0.717) is 30.8 Å². The van der Waals surface area contributed by atoms with Crippen LogP contribution in [0.2, 0.25) is 0 Å². The molecule has 2 aliphatic carbocycles. The maximum absolute atomic E-state index is 13.6. The van der Waals surface area contributed by atoms with Gasteiger partial charge < -0.3 is 19.7 Å². The van der Waals surface area contributed by atoms with Crippen LogP contribution in [0.15, 0.2) is 33.3 Å². The molecule has 1 saturated carbocycles. The summed E-state index contributed by atoms with van der Waals surface area (Å²) >= 11 is 0. The van der Waals surface area contributed by atoms with E-state index < -0.39 is 23.9 Å². The Bertz CT molecular complexity index is 1010. The molecule has 7 heteroatoms. The molecule has 1 aliphatic heterocycles. The Balaban J connectivity index is 1.55. The van der Waals surface area contributed by atoms with Gasteiger partial charge in [0, 0.05) is 12.0 Å². The fourth-order valence-corrected chi connectivity index (χ4v) is 6.56. The molecule has 4 rings (SSSR count). The van der Waals surface area contributed by atoms with E-state index in [1.807, 2.05) is 13.0 Å². The molecular weight excluding hydrogens is 458 g/mol. The van der Waals surface area contributed by atoms with Crippen molar-refractivity contribution in [3.8, 4) is 0 Å². The van der Waals surface area contributed by atoms with Crippen LogP contribution in [0.3, 0.4) is 0 Å². The summed E-state index contributed by atoms with van der Waals surface area (Å²) in [6.45, 7) is 5.66. The highest BCUT2D eigenvalue weighted by atomic mass is 16.4. The third kappa shape index (κ3) is 5.24. The Hall–Kier alpha value is -2.22.